The molecule has 2 fully saturated rings. The molecule has 0 radical (unpaired) electrons. The average molecular weight is 300 g/mol. The Bertz CT molecular complexity index is 519. The summed E-state index contributed by atoms with van der Waals surface area (Å²) in [6, 6.07) is 10.4. The Morgan fingerprint density at radius 1 is 1.05 bits per heavy atom. The van der Waals surface area contributed by atoms with Crippen molar-refractivity contribution in [3.05, 3.63) is 48.0 Å². The minimum absolute atomic E-state index is 0.355. The van der Waals surface area contributed by atoms with Gasteiger partial charge in [0.2, 0.25) is 0 Å². The number of rotatable bonds is 4. The van der Waals surface area contributed by atoms with Crippen LogP contribution in [0, 0.1) is 17.8 Å². The van der Waals surface area contributed by atoms with E-state index in [4.69, 9.17) is 14.2 Å². The van der Waals surface area contributed by atoms with Gasteiger partial charge in [-0.05, 0) is 30.2 Å². The molecule has 0 bridgehead atoms. The van der Waals surface area contributed by atoms with Crippen LogP contribution in [0.3, 0.4) is 0 Å². The molecule has 1 aromatic carbocycles. The lowest BCUT2D eigenvalue weighted by Crippen LogP contribution is -2.39. The molecule has 4 rings (SSSR count). The predicted octanol–water partition coefficient (Wildman–Crippen LogP) is 3.55. The van der Waals surface area contributed by atoms with Crippen LogP contribution in [-0.4, -0.2) is 25.6 Å². The minimum Gasteiger partial charge on any atom is -0.376 e. The van der Waals surface area contributed by atoms with E-state index in [1.165, 1.54) is 5.56 Å². The number of hydrogen-bond acceptors (Lipinski definition) is 3. The van der Waals surface area contributed by atoms with Gasteiger partial charge in [-0.25, -0.2) is 0 Å². The first-order valence-corrected chi connectivity index (χ1v) is 8.42. The molecule has 0 N–H and O–H groups in total. The summed E-state index contributed by atoms with van der Waals surface area (Å²) >= 11 is 0. The first kappa shape index (κ1) is 14.4. The van der Waals surface area contributed by atoms with Gasteiger partial charge in [-0.2, -0.15) is 0 Å². The van der Waals surface area contributed by atoms with Crippen molar-refractivity contribution < 1.29 is 14.2 Å². The van der Waals surface area contributed by atoms with Gasteiger partial charge in [0.05, 0.1) is 26.4 Å². The average Bonchev–Trinajstić information content (AvgIpc) is 3.14. The van der Waals surface area contributed by atoms with Gasteiger partial charge >= 0.3 is 0 Å². The van der Waals surface area contributed by atoms with Crippen molar-refractivity contribution in [1.82, 2.24) is 0 Å². The van der Waals surface area contributed by atoms with Crippen molar-refractivity contribution in [2.75, 3.05) is 19.8 Å². The van der Waals surface area contributed by atoms with Gasteiger partial charge in [-0.15, -0.1) is 0 Å². The molecule has 1 saturated heterocycles. The maximum absolute atomic E-state index is 6.08. The lowest BCUT2D eigenvalue weighted by Gasteiger charge is -2.32. The topological polar surface area (TPSA) is 27.7 Å². The molecule has 1 aliphatic heterocycles. The van der Waals surface area contributed by atoms with Gasteiger partial charge in [0.15, 0.2) is 5.79 Å². The van der Waals surface area contributed by atoms with Crippen LogP contribution in [-0.2, 0) is 20.8 Å². The van der Waals surface area contributed by atoms with E-state index in [0.29, 0.717) is 24.4 Å². The maximum atomic E-state index is 6.08. The molecule has 1 spiro atoms. The Kier molecular flexibility index (Phi) is 4.03. The van der Waals surface area contributed by atoms with Gasteiger partial charge in [-0.3, -0.25) is 0 Å². The molecular formula is C19H24O3. The molecule has 0 aromatic heterocycles. The van der Waals surface area contributed by atoms with E-state index >= 15 is 0 Å². The molecule has 3 heteroatoms. The zero-order valence-electron chi connectivity index (χ0n) is 12.9. The highest BCUT2D eigenvalue weighted by molar-refractivity contribution is 5.13. The molecule has 118 valence electrons. The van der Waals surface area contributed by atoms with Gasteiger partial charge < -0.3 is 14.2 Å². The summed E-state index contributed by atoms with van der Waals surface area (Å²) in [4.78, 5) is 0. The second-order valence-corrected chi connectivity index (χ2v) is 6.69. The van der Waals surface area contributed by atoms with E-state index in [1.807, 2.05) is 6.07 Å². The van der Waals surface area contributed by atoms with Crippen molar-refractivity contribution in [1.29, 1.82) is 0 Å². The highest BCUT2D eigenvalue weighted by atomic mass is 16.7. The quantitative estimate of drug-likeness (QED) is 0.796. The Morgan fingerprint density at radius 3 is 2.64 bits per heavy atom. The van der Waals surface area contributed by atoms with Crippen molar-refractivity contribution >= 4 is 0 Å². The van der Waals surface area contributed by atoms with E-state index in [9.17, 15) is 0 Å². The van der Waals surface area contributed by atoms with Crippen LogP contribution in [0.5, 0.6) is 0 Å². The lowest BCUT2D eigenvalue weighted by molar-refractivity contribution is -0.198. The maximum Gasteiger partial charge on any atom is 0.174 e. The van der Waals surface area contributed by atoms with E-state index in [-0.39, 0.29) is 5.79 Å². The smallest absolute Gasteiger partial charge is 0.174 e. The van der Waals surface area contributed by atoms with Gasteiger partial charge in [0.25, 0.3) is 0 Å². The number of fused-ring (bicyclic) bond motifs is 1. The third-order valence-corrected chi connectivity index (χ3v) is 5.43. The van der Waals surface area contributed by atoms with E-state index < -0.39 is 0 Å². The van der Waals surface area contributed by atoms with Crippen molar-refractivity contribution in [2.45, 2.75) is 31.7 Å². The molecule has 3 nitrogen and oxygen atoms in total. The predicted molar refractivity (Wildman–Crippen MR) is 84.2 cm³/mol. The minimum atomic E-state index is -0.377. The molecular weight excluding hydrogens is 276 g/mol. The number of benzene rings is 1. The lowest BCUT2D eigenvalue weighted by atomic mass is 9.81. The van der Waals surface area contributed by atoms with Crippen LogP contribution in [0.1, 0.15) is 24.8 Å². The Balaban J connectivity index is 1.44. The van der Waals surface area contributed by atoms with Crippen LogP contribution in [0.15, 0.2) is 42.5 Å². The van der Waals surface area contributed by atoms with Gasteiger partial charge in [-0.1, -0.05) is 42.5 Å². The largest absolute Gasteiger partial charge is 0.376 e. The van der Waals surface area contributed by atoms with Gasteiger partial charge in [0.1, 0.15) is 0 Å². The third kappa shape index (κ3) is 2.62. The molecule has 3 aliphatic rings. The van der Waals surface area contributed by atoms with Crippen LogP contribution in [0.25, 0.3) is 0 Å². The van der Waals surface area contributed by atoms with Crippen molar-refractivity contribution in [3.8, 4) is 0 Å². The Labute approximate surface area is 132 Å². The van der Waals surface area contributed by atoms with Crippen LogP contribution >= 0.6 is 0 Å². The van der Waals surface area contributed by atoms with Crippen LogP contribution < -0.4 is 0 Å². The second kappa shape index (κ2) is 6.15. The number of allylic oxidation sites excluding steroid dienone is 2. The highest BCUT2D eigenvalue weighted by Crippen LogP contribution is 2.53. The first-order chi connectivity index (χ1) is 10.9. The Hall–Kier alpha value is -1.16. The van der Waals surface area contributed by atoms with Gasteiger partial charge in [0, 0.05) is 12.3 Å². The second-order valence-electron chi connectivity index (χ2n) is 6.69. The third-order valence-electron chi connectivity index (χ3n) is 5.43. The van der Waals surface area contributed by atoms with E-state index in [1.54, 1.807) is 0 Å². The first-order valence-electron chi connectivity index (χ1n) is 8.42. The monoisotopic (exact) mass is 300 g/mol. The normalized spacial score (nSPS) is 32.5. The molecule has 0 amide bonds. The molecule has 22 heavy (non-hydrogen) atoms. The summed E-state index contributed by atoms with van der Waals surface area (Å²) in [5.41, 5.74) is 1.22. The number of hydrogen-bond donors (Lipinski definition) is 0. The molecule has 1 saturated carbocycles. The molecule has 2 aliphatic carbocycles. The van der Waals surface area contributed by atoms with Crippen molar-refractivity contribution in [2.24, 2.45) is 17.8 Å². The summed E-state index contributed by atoms with van der Waals surface area (Å²) in [7, 11) is 0. The zero-order valence-corrected chi connectivity index (χ0v) is 12.9. The summed E-state index contributed by atoms with van der Waals surface area (Å²) < 4.78 is 18.2. The van der Waals surface area contributed by atoms with Crippen molar-refractivity contribution in [3.63, 3.8) is 0 Å². The summed E-state index contributed by atoms with van der Waals surface area (Å²) in [5, 5.41) is 0. The standard InChI is InChI=1S/C19H24O3/c1-2-6-15(7-3-1)13-20-14-18-17-9-5-4-8-16(17)12-19(18)21-10-11-22-19/h1-7,16-18H,8-14H2/t16-,17+,18-/m1/s1. The summed E-state index contributed by atoms with van der Waals surface area (Å²) in [6.45, 7) is 2.84. The molecule has 0 unspecified atom stereocenters. The molecule has 1 aromatic rings. The van der Waals surface area contributed by atoms with E-state index in [2.05, 4.69) is 36.4 Å². The Morgan fingerprint density at radius 2 is 1.82 bits per heavy atom. The van der Waals surface area contributed by atoms with Crippen LogP contribution in [0.2, 0.25) is 0 Å². The number of ether oxygens (including phenoxy) is 3. The molecule has 1 heterocycles. The summed E-state index contributed by atoms with van der Waals surface area (Å²) in [5.74, 6) is 1.30. The SMILES string of the molecule is C1=CC[C@H]2[C@H](C1)CC1(OCCO1)[C@@H]2COCc1ccccc1. The zero-order chi connectivity index (χ0) is 14.8. The van der Waals surface area contributed by atoms with E-state index in [0.717, 1.165) is 39.1 Å². The fourth-order valence-corrected chi connectivity index (χ4v) is 4.39. The summed E-state index contributed by atoms with van der Waals surface area (Å²) in [6.07, 6.45) is 7.96. The molecule has 3 atom stereocenters. The van der Waals surface area contributed by atoms with Crippen LogP contribution in [0.4, 0.5) is 0 Å². The highest BCUT2D eigenvalue weighted by Gasteiger charge is 2.56. The fraction of sp³-hybridized carbons (Fsp3) is 0.579. The fourth-order valence-electron chi connectivity index (χ4n) is 4.39.